The summed E-state index contributed by atoms with van der Waals surface area (Å²) in [6.45, 7) is 3.31. The molecule has 0 unspecified atom stereocenters. The molecule has 5 heteroatoms. The fraction of sp³-hybridized carbons (Fsp3) is 0.462. The normalized spacial score (nSPS) is 18.1. The topological polar surface area (TPSA) is 49.6 Å². The Morgan fingerprint density at radius 1 is 1.39 bits per heavy atom. The summed E-state index contributed by atoms with van der Waals surface area (Å²) in [6, 6.07) is 4.77. The van der Waals surface area contributed by atoms with Crippen molar-refractivity contribution in [1.82, 2.24) is 4.90 Å². The van der Waals surface area contributed by atoms with E-state index in [1.54, 1.807) is 22.9 Å². The van der Waals surface area contributed by atoms with Gasteiger partial charge in [-0.1, -0.05) is 6.07 Å². The van der Waals surface area contributed by atoms with Crippen molar-refractivity contribution in [2.24, 2.45) is 5.73 Å². The van der Waals surface area contributed by atoms with E-state index in [0.717, 1.165) is 5.56 Å². The van der Waals surface area contributed by atoms with E-state index >= 15 is 0 Å². The van der Waals surface area contributed by atoms with Gasteiger partial charge in [0.15, 0.2) is 0 Å². The minimum Gasteiger partial charge on any atom is -0.358 e. The van der Waals surface area contributed by atoms with Crippen molar-refractivity contribution in [3.8, 4) is 0 Å². The molecule has 0 bridgehead atoms. The van der Waals surface area contributed by atoms with Gasteiger partial charge in [-0.05, 0) is 24.6 Å². The smallest absolute Gasteiger partial charge is 0.241 e. The molecule has 98 valence electrons. The first-order valence-electron chi connectivity index (χ1n) is 6.03. The third kappa shape index (κ3) is 2.46. The fourth-order valence-corrected chi connectivity index (χ4v) is 2.03. The number of likely N-dealkylation sites (N-methyl/N-ethyl adjacent to an activating group) is 1. The van der Waals surface area contributed by atoms with Crippen molar-refractivity contribution >= 4 is 11.6 Å². The van der Waals surface area contributed by atoms with Gasteiger partial charge in [-0.15, -0.1) is 0 Å². The summed E-state index contributed by atoms with van der Waals surface area (Å²) in [5.41, 5.74) is 6.94. The number of nitrogens with two attached hydrogens (primary N) is 1. The molecule has 1 aliphatic rings. The van der Waals surface area contributed by atoms with Crippen LogP contribution in [0.1, 0.15) is 18.5 Å². The van der Waals surface area contributed by atoms with Crippen LogP contribution in [0.5, 0.6) is 0 Å². The summed E-state index contributed by atoms with van der Waals surface area (Å²) in [4.78, 5) is 15.0. The summed E-state index contributed by atoms with van der Waals surface area (Å²) in [7, 11) is 1.76. The second-order valence-electron chi connectivity index (χ2n) is 4.74. The molecule has 0 spiro atoms. The number of carbonyl (C=O) groups excluding carboxylic acids is 1. The molecule has 4 nitrogen and oxygen atoms in total. The highest BCUT2D eigenvalue weighted by Crippen LogP contribution is 2.23. The highest BCUT2D eigenvalue weighted by Gasteiger charge is 2.23. The van der Waals surface area contributed by atoms with E-state index in [0.29, 0.717) is 18.8 Å². The number of nitrogens with zero attached hydrogens (tertiary/aromatic N) is 2. The van der Waals surface area contributed by atoms with Gasteiger partial charge in [-0.25, -0.2) is 4.39 Å². The van der Waals surface area contributed by atoms with Crippen LogP contribution in [0.25, 0.3) is 0 Å². The monoisotopic (exact) mass is 251 g/mol. The molecular weight excluding hydrogens is 233 g/mol. The van der Waals surface area contributed by atoms with E-state index in [1.807, 2.05) is 13.0 Å². The van der Waals surface area contributed by atoms with Gasteiger partial charge >= 0.3 is 0 Å². The number of carbonyl (C=O) groups is 1. The third-order valence-electron chi connectivity index (χ3n) is 3.30. The largest absolute Gasteiger partial charge is 0.358 e. The number of halogens is 1. The predicted octanol–water partition coefficient (Wildman–Crippen LogP) is 1.12. The zero-order valence-corrected chi connectivity index (χ0v) is 10.7. The average molecular weight is 251 g/mol. The van der Waals surface area contributed by atoms with E-state index in [9.17, 15) is 9.18 Å². The van der Waals surface area contributed by atoms with Gasteiger partial charge in [0.05, 0.1) is 12.2 Å². The molecule has 0 aliphatic carbocycles. The molecule has 0 saturated carbocycles. The fourth-order valence-electron chi connectivity index (χ4n) is 2.03. The number of rotatable bonds is 2. The van der Waals surface area contributed by atoms with Gasteiger partial charge in [0.25, 0.3) is 0 Å². The zero-order chi connectivity index (χ0) is 13.3. The summed E-state index contributed by atoms with van der Waals surface area (Å²) < 4.78 is 14.0. The van der Waals surface area contributed by atoms with Crippen LogP contribution in [-0.4, -0.2) is 37.5 Å². The Balaban J connectivity index is 2.21. The first-order valence-corrected chi connectivity index (χ1v) is 6.03. The van der Waals surface area contributed by atoms with E-state index in [-0.39, 0.29) is 24.3 Å². The quantitative estimate of drug-likeness (QED) is 0.857. The molecule has 1 aliphatic heterocycles. The van der Waals surface area contributed by atoms with Crippen molar-refractivity contribution in [3.05, 3.63) is 29.6 Å². The lowest BCUT2D eigenvalue weighted by molar-refractivity contribution is -0.129. The standard InChI is InChI=1S/C13H18FN3O/c1-9(15)10-3-4-12(11(14)7-10)17-6-5-16(2)13(18)8-17/h3-4,7,9H,5-6,8,15H2,1-2H3/t9-/m0/s1. The van der Waals surface area contributed by atoms with Crippen LogP contribution in [0, 0.1) is 5.82 Å². The summed E-state index contributed by atoms with van der Waals surface area (Å²) in [6.07, 6.45) is 0. The number of benzene rings is 1. The van der Waals surface area contributed by atoms with E-state index in [2.05, 4.69) is 0 Å². The van der Waals surface area contributed by atoms with Crippen molar-refractivity contribution in [1.29, 1.82) is 0 Å². The van der Waals surface area contributed by atoms with Gasteiger partial charge in [0.1, 0.15) is 5.82 Å². The van der Waals surface area contributed by atoms with E-state index in [4.69, 9.17) is 5.73 Å². The Labute approximate surface area is 106 Å². The van der Waals surface area contributed by atoms with Crippen molar-refractivity contribution in [3.63, 3.8) is 0 Å². The Morgan fingerprint density at radius 2 is 2.11 bits per heavy atom. The third-order valence-corrected chi connectivity index (χ3v) is 3.30. The van der Waals surface area contributed by atoms with Gasteiger partial charge in [0, 0.05) is 26.2 Å². The first kappa shape index (κ1) is 12.8. The number of hydrogen-bond donors (Lipinski definition) is 1. The van der Waals surface area contributed by atoms with Gasteiger partial charge in [-0.3, -0.25) is 4.79 Å². The highest BCUT2D eigenvalue weighted by molar-refractivity contribution is 5.82. The molecule has 2 N–H and O–H groups in total. The molecule has 1 amide bonds. The highest BCUT2D eigenvalue weighted by atomic mass is 19.1. The maximum Gasteiger partial charge on any atom is 0.241 e. The maximum absolute atomic E-state index is 14.0. The van der Waals surface area contributed by atoms with Crippen LogP contribution in [-0.2, 0) is 4.79 Å². The van der Waals surface area contributed by atoms with Crippen molar-refractivity contribution in [2.45, 2.75) is 13.0 Å². The number of anilines is 1. The van der Waals surface area contributed by atoms with Crippen molar-refractivity contribution < 1.29 is 9.18 Å². The minimum absolute atomic E-state index is 0.0110. The average Bonchev–Trinajstić information content (AvgIpc) is 2.32. The molecule has 0 radical (unpaired) electrons. The summed E-state index contributed by atoms with van der Waals surface area (Å²) >= 11 is 0. The lowest BCUT2D eigenvalue weighted by Crippen LogP contribution is -2.48. The molecular formula is C13H18FN3O. The van der Waals surface area contributed by atoms with E-state index < -0.39 is 0 Å². The van der Waals surface area contributed by atoms with Crippen LogP contribution >= 0.6 is 0 Å². The van der Waals surface area contributed by atoms with Crippen LogP contribution in [0.15, 0.2) is 18.2 Å². The predicted molar refractivity (Wildman–Crippen MR) is 68.9 cm³/mol. The molecule has 2 rings (SSSR count). The second-order valence-corrected chi connectivity index (χ2v) is 4.74. The molecule has 1 fully saturated rings. The molecule has 1 aromatic carbocycles. The van der Waals surface area contributed by atoms with Crippen LogP contribution in [0.2, 0.25) is 0 Å². The number of piperazine rings is 1. The Hall–Kier alpha value is -1.62. The molecule has 1 heterocycles. The lowest BCUT2D eigenvalue weighted by atomic mass is 10.1. The minimum atomic E-state index is -0.317. The Bertz CT molecular complexity index is 462. The zero-order valence-electron chi connectivity index (χ0n) is 10.7. The van der Waals surface area contributed by atoms with Gasteiger partial charge in [-0.2, -0.15) is 0 Å². The molecule has 1 atom stereocenters. The Morgan fingerprint density at radius 3 is 2.67 bits per heavy atom. The first-order chi connectivity index (χ1) is 8.49. The van der Waals surface area contributed by atoms with Crippen LogP contribution in [0.3, 0.4) is 0 Å². The van der Waals surface area contributed by atoms with Crippen LogP contribution in [0.4, 0.5) is 10.1 Å². The summed E-state index contributed by atoms with van der Waals surface area (Å²) in [5.74, 6) is -0.306. The molecule has 0 aromatic heterocycles. The second kappa shape index (κ2) is 4.94. The van der Waals surface area contributed by atoms with Gasteiger partial charge < -0.3 is 15.5 Å². The molecule has 1 aromatic rings. The lowest BCUT2D eigenvalue weighted by Gasteiger charge is -2.33. The molecule has 18 heavy (non-hydrogen) atoms. The van der Waals surface area contributed by atoms with E-state index in [1.165, 1.54) is 6.07 Å². The van der Waals surface area contributed by atoms with Crippen LogP contribution < -0.4 is 10.6 Å². The van der Waals surface area contributed by atoms with Crippen molar-refractivity contribution in [2.75, 3.05) is 31.6 Å². The number of amides is 1. The SMILES string of the molecule is C[C@H](N)c1ccc(N2CCN(C)C(=O)C2)c(F)c1. The summed E-state index contributed by atoms with van der Waals surface area (Å²) in [5, 5.41) is 0. The Kier molecular flexibility index (Phi) is 3.52. The maximum atomic E-state index is 14.0. The van der Waals surface area contributed by atoms with Gasteiger partial charge in [0.2, 0.25) is 5.91 Å². The molecule has 1 saturated heterocycles. The number of hydrogen-bond acceptors (Lipinski definition) is 3.